The lowest BCUT2D eigenvalue weighted by atomic mass is 9.98. The quantitative estimate of drug-likeness (QED) is 0.612. The molecule has 5 aliphatic heterocycles. The van der Waals surface area contributed by atoms with Crippen LogP contribution in [0.25, 0.3) is 0 Å². The molecular formula is C24H43NO9. The standard InChI is InChI=1S/C15H27NO4.C9H16O5/c1-10-5-7-16(8-6-10)9-11-12-13(14(17-4)18-11)20-15(2,3)19-12;1-9(2)13-6-5(4-10)12-8(11-3)7(6)14-9/h10-14H,5-9H2,1-4H3;5-8,10H,4H2,1-3H3/t11-,12-,13-,14-;5-,6-,7-,8-/m11/s1. The second-order valence-corrected chi connectivity index (χ2v) is 10.9. The second-order valence-electron chi connectivity index (χ2n) is 10.9. The van der Waals surface area contributed by atoms with Gasteiger partial charge in [-0.1, -0.05) is 6.92 Å². The average molecular weight is 490 g/mol. The van der Waals surface area contributed by atoms with Gasteiger partial charge in [-0.05, 0) is 59.5 Å². The third kappa shape index (κ3) is 5.77. The largest absolute Gasteiger partial charge is 0.394 e. The zero-order valence-corrected chi connectivity index (χ0v) is 21.6. The molecule has 0 aromatic carbocycles. The van der Waals surface area contributed by atoms with E-state index in [2.05, 4.69) is 11.8 Å². The van der Waals surface area contributed by atoms with E-state index in [1.807, 2.05) is 27.7 Å². The van der Waals surface area contributed by atoms with Crippen molar-refractivity contribution in [3.63, 3.8) is 0 Å². The molecule has 0 saturated carbocycles. The van der Waals surface area contributed by atoms with Gasteiger partial charge in [0.05, 0.1) is 6.61 Å². The monoisotopic (exact) mass is 489 g/mol. The van der Waals surface area contributed by atoms with Gasteiger partial charge in [-0.3, -0.25) is 0 Å². The Kier molecular flexibility index (Phi) is 8.26. The van der Waals surface area contributed by atoms with Crippen LogP contribution >= 0.6 is 0 Å². The molecule has 5 heterocycles. The third-order valence-electron chi connectivity index (χ3n) is 7.17. The van der Waals surface area contributed by atoms with Crippen molar-refractivity contribution in [1.82, 2.24) is 4.90 Å². The first-order valence-corrected chi connectivity index (χ1v) is 12.5. The predicted molar refractivity (Wildman–Crippen MR) is 121 cm³/mol. The molecule has 10 nitrogen and oxygen atoms in total. The van der Waals surface area contributed by atoms with Crippen molar-refractivity contribution in [2.75, 3.05) is 40.5 Å². The van der Waals surface area contributed by atoms with Gasteiger partial charge in [0.25, 0.3) is 0 Å². The molecule has 0 radical (unpaired) electrons. The van der Waals surface area contributed by atoms with Crippen molar-refractivity contribution >= 4 is 0 Å². The molecular weight excluding hydrogens is 446 g/mol. The van der Waals surface area contributed by atoms with Gasteiger partial charge >= 0.3 is 0 Å². The average Bonchev–Trinajstić information content (AvgIpc) is 3.46. The summed E-state index contributed by atoms with van der Waals surface area (Å²) in [6, 6.07) is 0. The van der Waals surface area contributed by atoms with E-state index in [4.69, 9.17) is 43.0 Å². The highest BCUT2D eigenvalue weighted by Gasteiger charge is 2.56. The predicted octanol–water partition coefficient (Wildman–Crippen LogP) is 1.48. The molecule has 34 heavy (non-hydrogen) atoms. The number of ether oxygens (including phenoxy) is 8. The summed E-state index contributed by atoms with van der Waals surface area (Å²) in [6.45, 7) is 13.1. The lowest BCUT2D eigenvalue weighted by Gasteiger charge is -2.33. The van der Waals surface area contributed by atoms with Crippen LogP contribution in [0.3, 0.4) is 0 Å². The Morgan fingerprint density at radius 1 is 0.765 bits per heavy atom. The second kappa shape index (κ2) is 10.5. The third-order valence-corrected chi connectivity index (χ3v) is 7.17. The van der Waals surface area contributed by atoms with Gasteiger partial charge in [-0.15, -0.1) is 0 Å². The molecule has 0 unspecified atom stereocenters. The molecule has 198 valence electrons. The molecule has 1 N–H and O–H groups in total. The highest BCUT2D eigenvalue weighted by Crippen LogP contribution is 2.40. The van der Waals surface area contributed by atoms with Crippen LogP contribution < -0.4 is 0 Å². The summed E-state index contributed by atoms with van der Waals surface area (Å²) >= 11 is 0. The Hall–Kier alpha value is -0.400. The van der Waals surface area contributed by atoms with E-state index < -0.39 is 17.9 Å². The highest BCUT2D eigenvalue weighted by atomic mass is 16.8. The number of piperidine rings is 1. The maximum Gasteiger partial charge on any atom is 0.186 e. The van der Waals surface area contributed by atoms with Gasteiger partial charge in [-0.2, -0.15) is 0 Å². The summed E-state index contributed by atoms with van der Waals surface area (Å²) in [6.07, 6.45) is 0.876. The zero-order chi connectivity index (χ0) is 24.7. The number of hydrogen-bond donors (Lipinski definition) is 1. The number of fused-ring (bicyclic) bond motifs is 2. The van der Waals surface area contributed by atoms with Crippen molar-refractivity contribution in [3.05, 3.63) is 0 Å². The molecule has 5 fully saturated rings. The Bertz CT molecular complexity index is 649. The van der Waals surface area contributed by atoms with Crippen LogP contribution in [0.15, 0.2) is 0 Å². The SMILES string of the molecule is CO[C@@H]1O[C@H](CN2CCC(C)CC2)[C@H]2OC(C)(C)O[C@@H]12.CO[C@@H]1O[C@H](CO)[C@H]2OC(C)(C)O[C@@H]12. The van der Waals surface area contributed by atoms with Crippen LogP contribution in [0.2, 0.25) is 0 Å². The number of aliphatic hydroxyl groups is 1. The van der Waals surface area contributed by atoms with Crippen molar-refractivity contribution in [3.8, 4) is 0 Å². The Morgan fingerprint density at radius 2 is 1.21 bits per heavy atom. The topological polar surface area (TPSA) is 97.3 Å². The first-order valence-electron chi connectivity index (χ1n) is 12.5. The molecule has 5 aliphatic rings. The highest BCUT2D eigenvalue weighted by molar-refractivity contribution is 4.97. The molecule has 0 spiro atoms. The van der Waals surface area contributed by atoms with Gasteiger partial charge in [0.15, 0.2) is 24.2 Å². The minimum absolute atomic E-state index is 0.0192. The fraction of sp³-hybridized carbons (Fsp3) is 1.00. The number of rotatable bonds is 5. The number of nitrogens with zero attached hydrogens (tertiary/aromatic N) is 1. The summed E-state index contributed by atoms with van der Waals surface area (Å²) in [5.41, 5.74) is 0. The van der Waals surface area contributed by atoms with Crippen LogP contribution in [0.5, 0.6) is 0 Å². The minimum atomic E-state index is -0.622. The van der Waals surface area contributed by atoms with Gasteiger partial charge in [-0.25, -0.2) is 0 Å². The van der Waals surface area contributed by atoms with Crippen LogP contribution in [-0.4, -0.2) is 111 Å². The number of methoxy groups -OCH3 is 2. The van der Waals surface area contributed by atoms with Crippen molar-refractivity contribution in [2.24, 2.45) is 5.92 Å². The number of hydrogen-bond acceptors (Lipinski definition) is 10. The smallest absolute Gasteiger partial charge is 0.186 e. The van der Waals surface area contributed by atoms with Gasteiger partial charge < -0.3 is 47.9 Å². The van der Waals surface area contributed by atoms with Crippen LogP contribution in [0.1, 0.15) is 47.5 Å². The molecule has 0 aliphatic carbocycles. The molecule has 8 atom stereocenters. The van der Waals surface area contributed by atoms with Crippen molar-refractivity contribution in [1.29, 1.82) is 0 Å². The van der Waals surface area contributed by atoms with E-state index >= 15 is 0 Å². The normalized spacial score (nSPS) is 43.4. The van der Waals surface area contributed by atoms with Crippen LogP contribution in [0, 0.1) is 5.92 Å². The van der Waals surface area contributed by atoms with Crippen molar-refractivity contribution < 1.29 is 43.0 Å². The van der Waals surface area contributed by atoms with E-state index in [1.54, 1.807) is 14.2 Å². The van der Waals surface area contributed by atoms with E-state index in [-0.39, 0.29) is 49.5 Å². The lowest BCUT2D eigenvalue weighted by Crippen LogP contribution is -2.43. The molecule has 0 aromatic heterocycles. The molecule has 0 bridgehead atoms. The van der Waals surface area contributed by atoms with Crippen molar-refractivity contribution in [2.45, 2.75) is 108 Å². The summed E-state index contributed by atoms with van der Waals surface area (Å²) < 4.78 is 45.1. The number of aliphatic hydroxyl groups excluding tert-OH is 1. The summed E-state index contributed by atoms with van der Waals surface area (Å²) in [5.74, 6) is -0.311. The van der Waals surface area contributed by atoms with E-state index in [0.29, 0.717) is 0 Å². The Balaban J connectivity index is 0.000000172. The fourth-order valence-electron chi connectivity index (χ4n) is 5.46. The van der Waals surface area contributed by atoms with Crippen LogP contribution in [-0.2, 0) is 37.9 Å². The molecule has 5 saturated heterocycles. The fourth-order valence-corrected chi connectivity index (χ4v) is 5.46. The first kappa shape index (κ1) is 26.7. The van der Waals surface area contributed by atoms with E-state index in [9.17, 15) is 0 Å². The van der Waals surface area contributed by atoms with E-state index in [1.165, 1.54) is 12.8 Å². The van der Waals surface area contributed by atoms with Crippen LogP contribution in [0.4, 0.5) is 0 Å². The zero-order valence-electron chi connectivity index (χ0n) is 21.6. The lowest BCUT2D eigenvalue weighted by molar-refractivity contribution is -0.230. The summed E-state index contributed by atoms with van der Waals surface area (Å²) in [5, 5.41) is 9.08. The minimum Gasteiger partial charge on any atom is -0.394 e. The van der Waals surface area contributed by atoms with Gasteiger partial charge in [0.2, 0.25) is 0 Å². The Labute approximate surface area is 203 Å². The molecule has 0 amide bonds. The maximum atomic E-state index is 9.08. The first-order chi connectivity index (χ1) is 16.1. The summed E-state index contributed by atoms with van der Waals surface area (Å²) in [7, 11) is 3.22. The molecule has 5 rings (SSSR count). The van der Waals surface area contributed by atoms with Gasteiger partial charge in [0.1, 0.15) is 36.6 Å². The van der Waals surface area contributed by atoms with Gasteiger partial charge in [0, 0.05) is 20.8 Å². The Morgan fingerprint density at radius 3 is 1.68 bits per heavy atom. The number of likely N-dealkylation sites (tertiary alicyclic amines) is 1. The van der Waals surface area contributed by atoms with E-state index in [0.717, 1.165) is 25.6 Å². The summed E-state index contributed by atoms with van der Waals surface area (Å²) in [4.78, 5) is 2.48. The molecule has 0 aromatic rings. The maximum absolute atomic E-state index is 9.08. The molecule has 10 heteroatoms.